The summed E-state index contributed by atoms with van der Waals surface area (Å²) >= 11 is 7.05. The van der Waals surface area contributed by atoms with Gasteiger partial charge >= 0.3 is 0 Å². The smallest absolute Gasteiger partial charge is 0.280 e. The number of anilines is 1. The second-order valence-electron chi connectivity index (χ2n) is 6.20. The maximum atomic E-state index is 13.3. The predicted octanol–water partition coefficient (Wildman–Crippen LogP) is 1.10. The minimum absolute atomic E-state index is 0.0970. The highest BCUT2D eigenvalue weighted by molar-refractivity contribution is 7.87. The molecule has 3 N–H and O–H groups in total. The summed E-state index contributed by atoms with van der Waals surface area (Å²) in [6.07, 6.45) is 1.49. The molecule has 3 rings (SSSR count). The Kier molecular flexibility index (Phi) is 6.49. The standard InChI is InChI=1S/C16H17ClFN5O4S2/c1-23-13(16(25)21-9-2-3-11(18)10(17)6-9)7-12(22-29(23,26)27)15(24)20-8-14-19-4-5-28-14/h2-6,12-13,22H,7-8H2,1H3,(H,20,24)(H,21,25). The van der Waals surface area contributed by atoms with Crippen LogP contribution in [0.1, 0.15) is 11.4 Å². The summed E-state index contributed by atoms with van der Waals surface area (Å²) in [5.74, 6) is -1.89. The molecule has 2 amide bonds. The summed E-state index contributed by atoms with van der Waals surface area (Å²) in [5, 5.41) is 7.33. The third kappa shape index (κ3) is 5.08. The summed E-state index contributed by atoms with van der Waals surface area (Å²) in [6.45, 7) is 0.148. The number of carbonyl (C=O) groups is 2. The quantitative estimate of drug-likeness (QED) is 0.615. The van der Waals surface area contributed by atoms with E-state index >= 15 is 0 Å². The van der Waals surface area contributed by atoms with Crippen LogP contribution in [0, 0.1) is 5.82 Å². The number of halogens is 2. The highest BCUT2D eigenvalue weighted by atomic mass is 35.5. The third-order valence-electron chi connectivity index (χ3n) is 4.27. The van der Waals surface area contributed by atoms with E-state index in [9.17, 15) is 22.4 Å². The Hall–Kier alpha value is -2.12. The van der Waals surface area contributed by atoms with E-state index in [2.05, 4.69) is 20.3 Å². The van der Waals surface area contributed by atoms with Crippen molar-refractivity contribution in [3.63, 3.8) is 0 Å². The first kappa shape index (κ1) is 21.6. The fraction of sp³-hybridized carbons (Fsp3) is 0.312. The van der Waals surface area contributed by atoms with Crippen LogP contribution in [0.4, 0.5) is 10.1 Å². The van der Waals surface area contributed by atoms with E-state index in [1.807, 2.05) is 0 Å². The second-order valence-corrected chi connectivity index (χ2v) is 9.35. The van der Waals surface area contributed by atoms with Gasteiger partial charge in [0.1, 0.15) is 22.9 Å². The summed E-state index contributed by atoms with van der Waals surface area (Å²) < 4.78 is 41.1. The molecule has 156 valence electrons. The summed E-state index contributed by atoms with van der Waals surface area (Å²) in [5.41, 5.74) is 0.204. The van der Waals surface area contributed by atoms with Gasteiger partial charge < -0.3 is 10.6 Å². The number of hydrogen-bond donors (Lipinski definition) is 3. The Balaban J connectivity index is 1.71. The lowest BCUT2D eigenvalue weighted by Gasteiger charge is -2.35. The monoisotopic (exact) mass is 461 g/mol. The molecule has 0 spiro atoms. The van der Waals surface area contributed by atoms with Gasteiger partial charge in [-0.05, 0) is 24.6 Å². The van der Waals surface area contributed by atoms with Gasteiger partial charge in [-0.1, -0.05) is 11.6 Å². The van der Waals surface area contributed by atoms with Gasteiger partial charge in [-0.2, -0.15) is 17.4 Å². The number of rotatable bonds is 5. The molecule has 0 bridgehead atoms. The number of thiazole rings is 1. The first-order valence-electron chi connectivity index (χ1n) is 8.34. The van der Waals surface area contributed by atoms with Crippen molar-refractivity contribution in [1.82, 2.24) is 19.3 Å². The minimum Gasteiger partial charge on any atom is -0.348 e. The molecule has 1 fully saturated rings. The van der Waals surface area contributed by atoms with Crippen LogP contribution in [0.15, 0.2) is 29.8 Å². The molecule has 9 nitrogen and oxygen atoms in total. The van der Waals surface area contributed by atoms with E-state index in [1.54, 1.807) is 11.6 Å². The van der Waals surface area contributed by atoms with E-state index in [-0.39, 0.29) is 23.7 Å². The zero-order valence-corrected chi connectivity index (χ0v) is 17.4. The first-order chi connectivity index (χ1) is 13.7. The zero-order valence-electron chi connectivity index (χ0n) is 15.1. The maximum absolute atomic E-state index is 13.3. The largest absolute Gasteiger partial charge is 0.348 e. The Morgan fingerprint density at radius 3 is 2.83 bits per heavy atom. The van der Waals surface area contributed by atoms with Crippen LogP contribution in [0.2, 0.25) is 5.02 Å². The van der Waals surface area contributed by atoms with Crippen molar-refractivity contribution in [2.45, 2.75) is 25.0 Å². The topological polar surface area (TPSA) is 120 Å². The highest BCUT2D eigenvalue weighted by Crippen LogP contribution is 2.22. The number of amides is 2. The first-order valence-corrected chi connectivity index (χ1v) is 11.0. The Morgan fingerprint density at radius 2 is 2.17 bits per heavy atom. The normalized spacial score (nSPS) is 21.5. The number of carbonyl (C=O) groups excluding carboxylic acids is 2. The van der Waals surface area contributed by atoms with Gasteiger partial charge in [0.15, 0.2) is 0 Å². The SMILES string of the molecule is CN1C(C(=O)Nc2ccc(F)c(Cl)c2)CC(C(=O)NCc2nccs2)NS1(=O)=O. The van der Waals surface area contributed by atoms with E-state index in [1.165, 1.54) is 30.5 Å². The molecular formula is C16H17ClFN5O4S2. The van der Waals surface area contributed by atoms with Crippen LogP contribution >= 0.6 is 22.9 Å². The molecule has 1 aliphatic rings. The van der Waals surface area contributed by atoms with Gasteiger partial charge in [0.05, 0.1) is 11.6 Å². The average molecular weight is 462 g/mol. The number of nitrogens with one attached hydrogen (secondary N) is 3. The van der Waals surface area contributed by atoms with Crippen LogP contribution in [0.5, 0.6) is 0 Å². The average Bonchev–Trinajstić information content (AvgIpc) is 3.18. The Bertz CT molecular complexity index is 1020. The molecule has 0 saturated carbocycles. The Labute approximate surface area is 175 Å². The van der Waals surface area contributed by atoms with Gasteiger partial charge in [-0.15, -0.1) is 11.3 Å². The van der Waals surface area contributed by atoms with E-state index in [4.69, 9.17) is 11.6 Å². The van der Waals surface area contributed by atoms with Crippen molar-refractivity contribution >= 4 is 50.6 Å². The van der Waals surface area contributed by atoms with E-state index < -0.39 is 39.9 Å². The lowest BCUT2D eigenvalue weighted by atomic mass is 10.1. The van der Waals surface area contributed by atoms with E-state index in [0.717, 1.165) is 10.4 Å². The van der Waals surface area contributed by atoms with Crippen LogP contribution < -0.4 is 15.4 Å². The molecule has 29 heavy (non-hydrogen) atoms. The molecule has 2 aromatic rings. The second kappa shape index (κ2) is 8.71. The number of benzene rings is 1. The fourth-order valence-corrected chi connectivity index (χ4v) is 4.69. The summed E-state index contributed by atoms with van der Waals surface area (Å²) in [7, 11) is -2.84. The van der Waals surface area contributed by atoms with E-state index in [0.29, 0.717) is 5.01 Å². The van der Waals surface area contributed by atoms with Crippen molar-refractivity contribution < 1.29 is 22.4 Å². The van der Waals surface area contributed by atoms with Gasteiger partial charge in [-0.3, -0.25) is 9.59 Å². The van der Waals surface area contributed by atoms with Gasteiger partial charge in [0.25, 0.3) is 10.2 Å². The van der Waals surface area contributed by atoms with Crippen LogP contribution in [0.3, 0.4) is 0 Å². The molecule has 2 unspecified atom stereocenters. The number of nitrogens with zero attached hydrogens (tertiary/aromatic N) is 2. The Morgan fingerprint density at radius 1 is 1.41 bits per heavy atom. The number of aromatic nitrogens is 1. The molecule has 13 heteroatoms. The molecule has 0 aliphatic carbocycles. The molecule has 2 heterocycles. The van der Waals surface area contributed by atoms with Crippen molar-refractivity contribution in [2.24, 2.45) is 0 Å². The molecular weight excluding hydrogens is 445 g/mol. The summed E-state index contributed by atoms with van der Waals surface area (Å²) in [4.78, 5) is 29.1. The zero-order chi connectivity index (χ0) is 21.2. The van der Waals surface area contributed by atoms with Crippen LogP contribution in [-0.4, -0.2) is 48.7 Å². The maximum Gasteiger partial charge on any atom is 0.280 e. The number of likely N-dealkylation sites (N-methyl/N-ethyl adjacent to an activating group) is 1. The van der Waals surface area contributed by atoms with Crippen molar-refractivity contribution in [3.8, 4) is 0 Å². The molecule has 1 aliphatic heterocycles. The molecule has 0 radical (unpaired) electrons. The van der Waals surface area contributed by atoms with Gasteiger partial charge in [-0.25, -0.2) is 9.37 Å². The highest BCUT2D eigenvalue weighted by Gasteiger charge is 2.42. The fourth-order valence-electron chi connectivity index (χ4n) is 2.71. The van der Waals surface area contributed by atoms with Crippen molar-refractivity contribution in [3.05, 3.63) is 45.6 Å². The number of hydrogen-bond acceptors (Lipinski definition) is 6. The predicted molar refractivity (Wildman–Crippen MR) is 106 cm³/mol. The lowest BCUT2D eigenvalue weighted by molar-refractivity contribution is -0.124. The lowest BCUT2D eigenvalue weighted by Crippen LogP contribution is -2.62. The molecule has 1 saturated heterocycles. The van der Waals surface area contributed by atoms with Crippen LogP contribution in [-0.2, 0) is 26.3 Å². The third-order valence-corrected chi connectivity index (χ3v) is 6.94. The van der Waals surface area contributed by atoms with Crippen molar-refractivity contribution in [2.75, 3.05) is 12.4 Å². The van der Waals surface area contributed by atoms with Gasteiger partial charge in [0.2, 0.25) is 11.8 Å². The summed E-state index contributed by atoms with van der Waals surface area (Å²) in [6, 6.07) is 1.30. The molecule has 2 atom stereocenters. The van der Waals surface area contributed by atoms with Crippen LogP contribution in [0.25, 0.3) is 0 Å². The molecule has 1 aromatic carbocycles. The van der Waals surface area contributed by atoms with Crippen molar-refractivity contribution in [1.29, 1.82) is 0 Å². The van der Waals surface area contributed by atoms with Gasteiger partial charge in [0, 0.05) is 24.3 Å². The minimum atomic E-state index is -4.07. The molecule has 1 aromatic heterocycles.